The molecule has 0 aliphatic heterocycles. The highest BCUT2D eigenvalue weighted by molar-refractivity contribution is 5.84. The van der Waals surface area contributed by atoms with Gasteiger partial charge in [-0.05, 0) is 70.1 Å². The number of halogens is 3. The number of aliphatic hydroxyl groups is 2. The SMILES string of the molecule is CC(C)OC(=O)CCCC=CC[C@H]1C(=O)C[C@@H](O)[C@@H]1CC[C@@H](O)COc1cccc(C(F)(F)F)c1. The minimum atomic E-state index is -4.48. The monoisotopic (exact) mass is 500 g/mol. The highest BCUT2D eigenvalue weighted by Gasteiger charge is 2.40. The van der Waals surface area contributed by atoms with E-state index in [1.165, 1.54) is 12.1 Å². The number of esters is 1. The number of rotatable bonds is 13. The molecule has 1 aliphatic rings. The van der Waals surface area contributed by atoms with Crippen molar-refractivity contribution >= 4 is 11.8 Å². The molecule has 0 saturated heterocycles. The van der Waals surface area contributed by atoms with E-state index in [2.05, 4.69) is 0 Å². The third-order valence-electron chi connectivity index (χ3n) is 5.95. The third-order valence-corrected chi connectivity index (χ3v) is 5.95. The lowest BCUT2D eigenvalue weighted by Gasteiger charge is -2.21. The van der Waals surface area contributed by atoms with Gasteiger partial charge in [0.2, 0.25) is 0 Å². The number of allylic oxidation sites excluding steroid dienone is 2. The third kappa shape index (κ3) is 10.0. The molecule has 2 N–H and O–H groups in total. The summed E-state index contributed by atoms with van der Waals surface area (Å²) in [5, 5.41) is 20.6. The number of carbonyl (C=O) groups is 2. The molecular weight excluding hydrogens is 465 g/mol. The van der Waals surface area contributed by atoms with Gasteiger partial charge in [0, 0.05) is 18.8 Å². The number of Topliss-reactive ketones (excluding diaryl/α,β-unsaturated/α-hetero) is 1. The predicted molar refractivity (Wildman–Crippen MR) is 124 cm³/mol. The number of hydrogen-bond donors (Lipinski definition) is 2. The maximum atomic E-state index is 12.8. The summed E-state index contributed by atoms with van der Waals surface area (Å²) in [5.41, 5.74) is -0.830. The van der Waals surface area contributed by atoms with Gasteiger partial charge < -0.3 is 19.7 Å². The van der Waals surface area contributed by atoms with Crippen LogP contribution in [0, 0.1) is 11.8 Å². The van der Waals surface area contributed by atoms with Gasteiger partial charge in [0.15, 0.2) is 0 Å². The fourth-order valence-electron chi connectivity index (χ4n) is 4.19. The number of alkyl halides is 3. The Morgan fingerprint density at radius 1 is 1.26 bits per heavy atom. The molecule has 0 aromatic heterocycles. The van der Waals surface area contributed by atoms with Crippen LogP contribution in [0.5, 0.6) is 5.75 Å². The van der Waals surface area contributed by atoms with Crippen molar-refractivity contribution in [3.05, 3.63) is 42.0 Å². The van der Waals surface area contributed by atoms with Crippen molar-refractivity contribution in [2.24, 2.45) is 11.8 Å². The van der Waals surface area contributed by atoms with Crippen LogP contribution in [0.3, 0.4) is 0 Å². The van der Waals surface area contributed by atoms with Crippen LogP contribution in [-0.4, -0.2) is 46.9 Å². The van der Waals surface area contributed by atoms with Crippen molar-refractivity contribution in [1.29, 1.82) is 0 Å². The highest BCUT2D eigenvalue weighted by Crippen LogP contribution is 2.36. The van der Waals surface area contributed by atoms with Crippen molar-refractivity contribution < 1.29 is 42.4 Å². The van der Waals surface area contributed by atoms with Gasteiger partial charge in [0.05, 0.1) is 23.9 Å². The number of benzene rings is 1. The van der Waals surface area contributed by atoms with E-state index < -0.39 is 23.9 Å². The number of hydrogen-bond acceptors (Lipinski definition) is 6. The molecular formula is C26H35F3O6. The van der Waals surface area contributed by atoms with Crippen molar-refractivity contribution in [3.8, 4) is 5.75 Å². The van der Waals surface area contributed by atoms with Crippen LogP contribution in [-0.2, 0) is 20.5 Å². The van der Waals surface area contributed by atoms with Crippen LogP contribution >= 0.6 is 0 Å². The van der Waals surface area contributed by atoms with Crippen molar-refractivity contribution in [2.75, 3.05) is 6.61 Å². The minimum absolute atomic E-state index is 0.00966. The fraction of sp³-hybridized carbons (Fsp3) is 0.615. The van der Waals surface area contributed by atoms with Crippen molar-refractivity contribution in [3.63, 3.8) is 0 Å². The highest BCUT2D eigenvalue weighted by atomic mass is 19.4. The van der Waals surface area contributed by atoms with E-state index in [4.69, 9.17) is 9.47 Å². The normalized spacial score (nSPS) is 21.6. The summed E-state index contributed by atoms with van der Waals surface area (Å²) < 4.78 is 48.8. The number of aliphatic hydroxyl groups excluding tert-OH is 2. The van der Waals surface area contributed by atoms with Crippen LogP contribution in [0.1, 0.15) is 64.4 Å². The molecule has 0 heterocycles. The molecule has 2 rings (SSSR count). The molecule has 9 heteroatoms. The van der Waals surface area contributed by atoms with Gasteiger partial charge in [-0.2, -0.15) is 13.2 Å². The molecule has 0 bridgehead atoms. The standard InChI is InChI=1S/C26H35F3O6/c1-17(2)35-25(33)11-6-4-3-5-10-21-22(24(32)15-23(21)31)13-12-19(30)16-34-20-9-7-8-18(14-20)26(27,28)29/h3,5,7-9,14,17,19,21-22,24,30,32H,4,6,10-13,15-16H2,1-2H3/t19-,21-,22-,24-/m1/s1. The largest absolute Gasteiger partial charge is 0.491 e. The Kier molecular flexibility index (Phi) is 11.2. The van der Waals surface area contributed by atoms with Crippen LogP contribution in [0.25, 0.3) is 0 Å². The lowest BCUT2D eigenvalue weighted by molar-refractivity contribution is -0.147. The second-order valence-electron chi connectivity index (χ2n) is 9.21. The van der Waals surface area contributed by atoms with Crippen molar-refractivity contribution in [2.45, 2.75) is 83.3 Å². The molecule has 196 valence electrons. The lowest BCUT2D eigenvalue weighted by Crippen LogP contribution is -2.24. The Morgan fingerprint density at radius 2 is 2.00 bits per heavy atom. The lowest BCUT2D eigenvalue weighted by atomic mass is 9.86. The second kappa shape index (κ2) is 13.6. The van der Waals surface area contributed by atoms with Crippen LogP contribution < -0.4 is 4.74 Å². The average Bonchev–Trinajstić information content (AvgIpc) is 3.04. The van der Waals surface area contributed by atoms with E-state index in [9.17, 15) is 33.0 Å². The van der Waals surface area contributed by atoms with E-state index in [1.807, 2.05) is 12.2 Å². The maximum absolute atomic E-state index is 12.8. The zero-order chi connectivity index (χ0) is 26.0. The van der Waals surface area contributed by atoms with E-state index in [-0.39, 0.29) is 54.9 Å². The second-order valence-corrected chi connectivity index (χ2v) is 9.21. The average molecular weight is 501 g/mol. The zero-order valence-electron chi connectivity index (χ0n) is 20.2. The topological polar surface area (TPSA) is 93.1 Å². The Hall–Kier alpha value is -2.39. The Balaban J connectivity index is 1.76. The number of unbranched alkanes of at least 4 members (excludes halogenated alkanes) is 1. The number of ketones is 1. The summed E-state index contributed by atoms with van der Waals surface area (Å²) in [7, 11) is 0. The maximum Gasteiger partial charge on any atom is 0.416 e. The molecule has 0 amide bonds. The molecule has 0 spiro atoms. The minimum Gasteiger partial charge on any atom is -0.491 e. The van der Waals surface area contributed by atoms with E-state index >= 15 is 0 Å². The van der Waals surface area contributed by atoms with Crippen LogP contribution in [0.4, 0.5) is 13.2 Å². The first-order valence-electron chi connectivity index (χ1n) is 12.0. The molecule has 1 aromatic rings. The number of carbonyl (C=O) groups excluding carboxylic acids is 2. The van der Waals surface area contributed by atoms with Gasteiger partial charge in [-0.1, -0.05) is 18.2 Å². The van der Waals surface area contributed by atoms with Gasteiger partial charge in [0.1, 0.15) is 18.1 Å². The first kappa shape index (κ1) is 28.8. The summed E-state index contributed by atoms with van der Waals surface area (Å²) in [6.07, 6.45) is 0.249. The van der Waals surface area contributed by atoms with E-state index in [0.29, 0.717) is 32.1 Å². The summed E-state index contributed by atoms with van der Waals surface area (Å²) in [6.45, 7) is 3.40. The zero-order valence-corrected chi connectivity index (χ0v) is 20.2. The molecule has 0 unspecified atom stereocenters. The van der Waals surface area contributed by atoms with E-state index in [1.54, 1.807) is 13.8 Å². The molecule has 4 atom stereocenters. The van der Waals surface area contributed by atoms with E-state index in [0.717, 1.165) is 12.1 Å². The molecule has 1 aliphatic carbocycles. The van der Waals surface area contributed by atoms with Crippen LogP contribution in [0.15, 0.2) is 36.4 Å². The van der Waals surface area contributed by atoms with Crippen LogP contribution in [0.2, 0.25) is 0 Å². The molecule has 1 saturated carbocycles. The quantitative estimate of drug-likeness (QED) is 0.228. The Bertz CT molecular complexity index is 852. The van der Waals surface area contributed by atoms with Gasteiger partial charge in [0.25, 0.3) is 0 Å². The Morgan fingerprint density at radius 3 is 2.69 bits per heavy atom. The summed E-state index contributed by atoms with van der Waals surface area (Å²) in [6, 6.07) is 4.44. The molecule has 35 heavy (non-hydrogen) atoms. The molecule has 0 radical (unpaired) electrons. The van der Waals surface area contributed by atoms with Crippen molar-refractivity contribution in [1.82, 2.24) is 0 Å². The molecule has 1 fully saturated rings. The van der Waals surface area contributed by atoms with Gasteiger partial charge in [-0.25, -0.2) is 0 Å². The van der Waals surface area contributed by atoms with Gasteiger partial charge in [-0.3, -0.25) is 9.59 Å². The number of ether oxygens (including phenoxy) is 2. The van der Waals surface area contributed by atoms with Gasteiger partial charge >= 0.3 is 12.1 Å². The first-order chi connectivity index (χ1) is 16.5. The predicted octanol–water partition coefficient (Wildman–Crippen LogP) is 4.86. The molecule has 6 nitrogen and oxygen atoms in total. The summed E-state index contributed by atoms with van der Waals surface area (Å²) in [4.78, 5) is 23.9. The molecule has 1 aromatic carbocycles. The smallest absolute Gasteiger partial charge is 0.416 e. The summed E-state index contributed by atoms with van der Waals surface area (Å²) >= 11 is 0. The fourth-order valence-corrected chi connectivity index (χ4v) is 4.19. The van der Waals surface area contributed by atoms with Gasteiger partial charge in [-0.15, -0.1) is 0 Å². The summed E-state index contributed by atoms with van der Waals surface area (Å²) in [5.74, 6) is -0.920. The first-order valence-corrected chi connectivity index (χ1v) is 12.0. The Labute approximate surface area is 204 Å².